The number of carboxylic acid groups (broad SMARTS) is 1. The largest absolute Gasteiger partial charge is 0.465 e. The van der Waals surface area contributed by atoms with E-state index in [1.807, 2.05) is 20.8 Å². The van der Waals surface area contributed by atoms with Gasteiger partial charge in [0, 0.05) is 19.6 Å². The van der Waals surface area contributed by atoms with Crippen molar-refractivity contribution in [1.82, 2.24) is 10.2 Å². The molecule has 1 unspecified atom stereocenters. The van der Waals surface area contributed by atoms with E-state index < -0.39 is 11.6 Å². The molecule has 1 amide bonds. The van der Waals surface area contributed by atoms with Crippen molar-refractivity contribution in [2.45, 2.75) is 26.3 Å². The van der Waals surface area contributed by atoms with Crippen molar-refractivity contribution in [3.05, 3.63) is 0 Å². The second-order valence-corrected chi connectivity index (χ2v) is 5.05. The molecule has 15 heavy (non-hydrogen) atoms. The summed E-state index contributed by atoms with van der Waals surface area (Å²) in [6.45, 7) is 7.26. The van der Waals surface area contributed by atoms with Gasteiger partial charge in [-0.05, 0) is 5.41 Å². The molecule has 0 bridgehead atoms. The van der Waals surface area contributed by atoms with E-state index in [2.05, 4.69) is 5.32 Å². The smallest absolute Gasteiger partial charge is 0.407 e. The van der Waals surface area contributed by atoms with E-state index in [9.17, 15) is 9.90 Å². The van der Waals surface area contributed by atoms with Crippen LogP contribution in [-0.2, 0) is 0 Å². The summed E-state index contributed by atoms with van der Waals surface area (Å²) in [5.41, 5.74) is -1.02. The predicted octanol–water partition coefficient (Wildman–Crippen LogP) is 0.347. The Balaban J connectivity index is 3.07. The van der Waals surface area contributed by atoms with Crippen molar-refractivity contribution in [2.75, 3.05) is 26.2 Å². The number of piperazine rings is 1. The summed E-state index contributed by atoms with van der Waals surface area (Å²) in [6.07, 6.45) is -0.958. The van der Waals surface area contributed by atoms with Gasteiger partial charge in [0.1, 0.15) is 0 Å². The molecule has 0 aliphatic carbocycles. The Kier molecular flexibility index (Phi) is 3.25. The van der Waals surface area contributed by atoms with Crippen molar-refractivity contribution in [1.29, 1.82) is 0 Å². The van der Waals surface area contributed by atoms with Gasteiger partial charge in [0.25, 0.3) is 0 Å². The number of hydrogen-bond acceptors (Lipinski definition) is 3. The van der Waals surface area contributed by atoms with Gasteiger partial charge >= 0.3 is 6.09 Å². The lowest BCUT2D eigenvalue weighted by Crippen LogP contribution is -2.70. The number of aliphatic hydroxyl groups excluding tert-OH is 1. The fourth-order valence-electron chi connectivity index (χ4n) is 2.12. The van der Waals surface area contributed by atoms with E-state index in [1.165, 1.54) is 4.90 Å². The van der Waals surface area contributed by atoms with Gasteiger partial charge in [-0.1, -0.05) is 20.8 Å². The topological polar surface area (TPSA) is 72.8 Å². The van der Waals surface area contributed by atoms with Crippen LogP contribution in [0.4, 0.5) is 4.79 Å². The summed E-state index contributed by atoms with van der Waals surface area (Å²) >= 11 is 0. The number of nitrogens with zero attached hydrogens (tertiary/aromatic N) is 1. The lowest BCUT2D eigenvalue weighted by Gasteiger charge is -2.52. The number of rotatable bonds is 1. The van der Waals surface area contributed by atoms with Gasteiger partial charge in [0.15, 0.2) is 0 Å². The second-order valence-electron chi connectivity index (χ2n) is 5.05. The quantitative estimate of drug-likeness (QED) is 0.591. The lowest BCUT2D eigenvalue weighted by atomic mass is 9.72. The van der Waals surface area contributed by atoms with E-state index in [4.69, 9.17) is 5.11 Å². The van der Waals surface area contributed by atoms with Crippen LogP contribution in [0, 0.1) is 5.41 Å². The van der Waals surface area contributed by atoms with Crippen molar-refractivity contribution >= 4 is 6.09 Å². The SMILES string of the molecule is CC(C)(C)C1(CO)CNCCN1C(=O)O. The van der Waals surface area contributed by atoms with E-state index in [0.717, 1.165) is 0 Å². The normalized spacial score (nSPS) is 27.9. The van der Waals surface area contributed by atoms with Crippen molar-refractivity contribution in [3.8, 4) is 0 Å². The molecule has 0 radical (unpaired) electrons. The third kappa shape index (κ3) is 1.94. The molecule has 0 aromatic carbocycles. The van der Waals surface area contributed by atoms with Crippen LogP contribution < -0.4 is 5.32 Å². The van der Waals surface area contributed by atoms with Gasteiger partial charge in [-0.25, -0.2) is 4.79 Å². The van der Waals surface area contributed by atoms with E-state index in [0.29, 0.717) is 19.6 Å². The Morgan fingerprint density at radius 2 is 2.13 bits per heavy atom. The first-order valence-electron chi connectivity index (χ1n) is 5.17. The van der Waals surface area contributed by atoms with Crippen LogP contribution in [0.1, 0.15) is 20.8 Å². The predicted molar refractivity (Wildman–Crippen MR) is 56.9 cm³/mol. The zero-order valence-corrected chi connectivity index (χ0v) is 9.58. The Labute approximate surface area is 90.1 Å². The maximum absolute atomic E-state index is 11.2. The minimum atomic E-state index is -0.958. The van der Waals surface area contributed by atoms with Gasteiger partial charge in [-0.3, -0.25) is 4.90 Å². The zero-order chi connectivity index (χ0) is 11.7. The number of carbonyl (C=O) groups is 1. The standard InChI is InChI=1S/C10H20N2O3/c1-9(2,3)10(7-13)6-11-4-5-12(10)8(14)15/h11,13H,4-7H2,1-3H3,(H,14,15). The summed E-state index contributed by atoms with van der Waals surface area (Å²) in [7, 11) is 0. The highest BCUT2D eigenvalue weighted by atomic mass is 16.4. The van der Waals surface area contributed by atoms with Gasteiger partial charge in [0.2, 0.25) is 0 Å². The van der Waals surface area contributed by atoms with Gasteiger partial charge in [0.05, 0.1) is 12.1 Å². The van der Waals surface area contributed by atoms with Crippen LogP contribution in [0.25, 0.3) is 0 Å². The summed E-state index contributed by atoms with van der Waals surface area (Å²) in [5, 5.41) is 21.9. The first-order valence-corrected chi connectivity index (χ1v) is 5.17. The highest BCUT2D eigenvalue weighted by Crippen LogP contribution is 2.36. The first-order chi connectivity index (χ1) is 6.85. The second kappa shape index (κ2) is 3.98. The third-order valence-electron chi connectivity index (χ3n) is 3.33. The van der Waals surface area contributed by atoms with Crippen LogP contribution in [0.3, 0.4) is 0 Å². The molecule has 1 aliphatic heterocycles. The molecule has 1 rings (SSSR count). The van der Waals surface area contributed by atoms with Crippen molar-refractivity contribution in [2.24, 2.45) is 5.41 Å². The Hall–Kier alpha value is -0.810. The number of amides is 1. The summed E-state index contributed by atoms with van der Waals surface area (Å²) in [6, 6.07) is 0. The highest BCUT2D eigenvalue weighted by molar-refractivity contribution is 5.66. The molecule has 1 aliphatic rings. The minimum Gasteiger partial charge on any atom is -0.465 e. The molecule has 1 heterocycles. The average molecular weight is 216 g/mol. The van der Waals surface area contributed by atoms with Gasteiger partial charge in [-0.15, -0.1) is 0 Å². The summed E-state index contributed by atoms with van der Waals surface area (Å²) < 4.78 is 0. The molecule has 88 valence electrons. The number of aliphatic hydroxyl groups is 1. The first kappa shape index (κ1) is 12.3. The molecule has 0 saturated carbocycles. The molecular formula is C10H20N2O3. The maximum Gasteiger partial charge on any atom is 0.407 e. The fourth-order valence-corrected chi connectivity index (χ4v) is 2.12. The average Bonchev–Trinajstić information content (AvgIpc) is 2.15. The maximum atomic E-state index is 11.2. The molecular weight excluding hydrogens is 196 g/mol. The summed E-state index contributed by atoms with van der Waals surface area (Å²) in [4.78, 5) is 12.5. The van der Waals surface area contributed by atoms with E-state index in [-0.39, 0.29) is 12.0 Å². The molecule has 5 nitrogen and oxygen atoms in total. The third-order valence-corrected chi connectivity index (χ3v) is 3.33. The highest BCUT2D eigenvalue weighted by Gasteiger charge is 2.49. The van der Waals surface area contributed by atoms with E-state index in [1.54, 1.807) is 0 Å². The number of hydrogen-bond donors (Lipinski definition) is 3. The Bertz CT molecular complexity index is 250. The Morgan fingerprint density at radius 1 is 1.53 bits per heavy atom. The molecule has 1 saturated heterocycles. The van der Waals surface area contributed by atoms with Crippen LogP contribution in [0.5, 0.6) is 0 Å². The molecule has 1 fully saturated rings. The van der Waals surface area contributed by atoms with Gasteiger partial charge in [-0.2, -0.15) is 0 Å². The van der Waals surface area contributed by atoms with Crippen LogP contribution >= 0.6 is 0 Å². The van der Waals surface area contributed by atoms with Gasteiger partial charge < -0.3 is 15.5 Å². The Morgan fingerprint density at radius 3 is 2.47 bits per heavy atom. The lowest BCUT2D eigenvalue weighted by molar-refractivity contribution is -0.0490. The minimum absolute atomic E-state index is 0.157. The molecule has 5 heteroatoms. The number of nitrogens with one attached hydrogen (secondary N) is 1. The fraction of sp³-hybridized carbons (Fsp3) is 0.900. The van der Waals surface area contributed by atoms with Crippen molar-refractivity contribution in [3.63, 3.8) is 0 Å². The van der Waals surface area contributed by atoms with Crippen LogP contribution in [0.15, 0.2) is 0 Å². The molecule has 0 aromatic rings. The molecule has 1 atom stereocenters. The summed E-state index contributed by atoms with van der Waals surface area (Å²) in [5.74, 6) is 0. The van der Waals surface area contributed by atoms with E-state index >= 15 is 0 Å². The van der Waals surface area contributed by atoms with Crippen LogP contribution in [-0.4, -0.2) is 53.0 Å². The van der Waals surface area contributed by atoms with Crippen molar-refractivity contribution < 1.29 is 15.0 Å². The molecule has 0 spiro atoms. The zero-order valence-electron chi connectivity index (χ0n) is 9.58. The molecule has 0 aromatic heterocycles. The van der Waals surface area contributed by atoms with Crippen LogP contribution in [0.2, 0.25) is 0 Å². The monoisotopic (exact) mass is 216 g/mol. The molecule has 3 N–H and O–H groups in total.